The minimum absolute atomic E-state index is 0.156. The number of halogens is 1. The fourth-order valence-corrected chi connectivity index (χ4v) is 6.33. The Balaban J connectivity index is 1.81. The van der Waals surface area contributed by atoms with Crippen LogP contribution in [0.15, 0.2) is 47.4 Å². The Bertz CT molecular complexity index is 1010. The van der Waals surface area contributed by atoms with Crippen LogP contribution in [0.5, 0.6) is 0 Å². The number of hydrogen-bond donors (Lipinski definition) is 1. The fraction of sp³-hybridized carbons (Fsp3) is 0.409. The van der Waals surface area contributed by atoms with Gasteiger partial charge in [0.05, 0.1) is 11.3 Å². The highest BCUT2D eigenvalue weighted by Crippen LogP contribution is 2.27. The molecule has 2 aromatic rings. The molecular formula is C22H27ClN2O4S. The molecule has 0 saturated carbocycles. The van der Waals surface area contributed by atoms with Gasteiger partial charge in [-0.25, -0.2) is 8.42 Å². The topological polar surface area (TPSA) is 77.9 Å². The summed E-state index contributed by atoms with van der Waals surface area (Å²) in [7, 11) is -3.75. The molecule has 0 radical (unpaired) electrons. The number of carbonyl (C=O) groups is 1. The zero-order chi connectivity index (χ0) is 22.1. The van der Waals surface area contributed by atoms with Gasteiger partial charge >= 0.3 is 5.97 Å². The van der Waals surface area contributed by atoms with E-state index in [-0.39, 0.29) is 23.4 Å². The molecule has 1 N–H and O–H groups in total. The van der Waals surface area contributed by atoms with E-state index in [1.54, 1.807) is 23.4 Å². The van der Waals surface area contributed by atoms with Crippen molar-refractivity contribution in [2.24, 2.45) is 0 Å². The summed E-state index contributed by atoms with van der Waals surface area (Å²) in [5.74, 6) is -0.985. The van der Waals surface area contributed by atoms with E-state index in [0.29, 0.717) is 23.7 Å². The van der Waals surface area contributed by atoms with E-state index in [0.717, 1.165) is 17.7 Å². The third-order valence-electron chi connectivity index (χ3n) is 5.27. The Hall–Kier alpha value is -1.93. The van der Waals surface area contributed by atoms with Gasteiger partial charge in [0, 0.05) is 36.7 Å². The van der Waals surface area contributed by atoms with Crippen molar-refractivity contribution in [3.63, 3.8) is 0 Å². The molecule has 1 saturated heterocycles. The van der Waals surface area contributed by atoms with E-state index in [4.69, 9.17) is 16.7 Å². The number of benzene rings is 2. The van der Waals surface area contributed by atoms with Gasteiger partial charge in [0.25, 0.3) is 0 Å². The number of nitrogens with zero attached hydrogens (tertiary/aromatic N) is 2. The number of sulfonamides is 1. The van der Waals surface area contributed by atoms with E-state index < -0.39 is 16.0 Å². The highest BCUT2D eigenvalue weighted by Gasteiger charge is 2.38. The zero-order valence-corrected chi connectivity index (χ0v) is 18.9. The van der Waals surface area contributed by atoms with Crippen LogP contribution in [0.2, 0.25) is 5.02 Å². The minimum Gasteiger partial charge on any atom is -0.481 e. The highest BCUT2D eigenvalue weighted by molar-refractivity contribution is 7.89. The van der Waals surface area contributed by atoms with Crippen LogP contribution < -0.4 is 0 Å². The van der Waals surface area contributed by atoms with Gasteiger partial charge in [-0.2, -0.15) is 4.31 Å². The Kier molecular flexibility index (Phi) is 6.87. The van der Waals surface area contributed by atoms with Crippen LogP contribution in [-0.4, -0.2) is 53.9 Å². The van der Waals surface area contributed by atoms with Crippen LogP contribution in [0.25, 0.3) is 0 Å². The number of aliphatic carboxylic acids is 1. The fourth-order valence-electron chi connectivity index (χ4n) is 4.24. The van der Waals surface area contributed by atoms with Crippen molar-refractivity contribution < 1.29 is 18.3 Å². The number of aryl methyl sites for hydroxylation is 1. The Labute approximate surface area is 183 Å². The lowest BCUT2D eigenvalue weighted by atomic mass is 10.1. The molecule has 162 valence electrons. The third kappa shape index (κ3) is 5.21. The summed E-state index contributed by atoms with van der Waals surface area (Å²) in [6.07, 6.45) is -0.204. The Morgan fingerprint density at radius 3 is 2.23 bits per heavy atom. The first-order valence-corrected chi connectivity index (χ1v) is 11.7. The zero-order valence-electron chi connectivity index (χ0n) is 17.4. The number of piperazine rings is 1. The third-order valence-corrected chi connectivity index (χ3v) is 7.63. The van der Waals surface area contributed by atoms with Gasteiger partial charge in [0.2, 0.25) is 10.0 Å². The van der Waals surface area contributed by atoms with E-state index >= 15 is 0 Å². The second kappa shape index (κ2) is 9.06. The average Bonchev–Trinajstić information content (AvgIpc) is 2.62. The molecule has 0 aliphatic carbocycles. The molecule has 1 aliphatic rings. The second-order valence-corrected chi connectivity index (χ2v) is 10.4. The summed E-state index contributed by atoms with van der Waals surface area (Å²) >= 11 is 5.96. The van der Waals surface area contributed by atoms with E-state index in [2.05, 4.69) is 4.90 Å². The molecule has 0 spiro atoms. The lowest BCUT2D eigenvalue weighted by Gasteiger charge is -2.43. The van der Waals surface area contributed by atoms with Gasteiger partial charge in [0.15, 0.2) is 0 Å². The Morgan fingerprint density at radius 2 is 1.67 bits per heavy atom. The molecule has 1 heterocycles. The summed E-state index contributed by atoms with van der Waals surface area (Å²) in [5.41, 5.74) is 2.35. The van der Waals surface area contributed by atoms with Crippen molar-refractivity contribution in [2.45, 2.75) is 50.7 Å². The van der Waals surface area contributed by atoms with Crippen LogP contribution in [0.4, 0.5) is 0 Å². The van der Waals surface area contributed by atoms with Crippen molar-refractivity contribution >= 4 is 27.6 Å². The smallest absolute Gasteiger partial charge is 0.307 e. The monoisotopic (exact) mass is 450 g/mol. The molecule has 6 nitrogen and oxygen atoms in total. The predicted octanol–water partition coefficient (Wildman–Crippen LogP) is 3.56. The van der Waals surface area contributed by atoms with Crippen molar-refractivity contribution in [2.75, 3.05) is 13.1 Å². The molecule has 0 bridgehead atoms. The first kappa shape index (κ1) is 22.7. The van der Waals surface area contributed by atoms with Gasteiger partial charge in [-0.1, -0.05) is 29.8 Å². The number of carboxylic acid groups (broad SMARTS) is 1. The van der Waals surface area contributed by atoms with Gasteiger partial charge < -0.3 is 5.11 Å². The van der Waals surface area contributed by atoms with Gasteiger partial charge in [-0.3, -0.25) is 9.69 Å². The SMILES string of the molecule is Cc1cc(CC(=O)O)cc(S(=O)(=O)N2[C@H](C)CN(Cc3ccc(Cl)cc3)C[C@@H]2C)c1. The maximum atomic E-state index is 13.4. The summed E-state index contributed by atoms with van der Waals surface area (Å²) in [6, 6.07) is 12.1. The second-order valence-electron chi connectivity index (χ2n) is 8.08. The van der Waals surface area contributed by atoms with Crippen LogP contribution in [-0.2, 0) is 27.8 Å². The van der Waals surface area contributed by atoms with Gasteiger partial charge in [-0.05, 0) is 61.7 Å². The van der Waals surface area contributed by atoms with Crippen LogP contribution in [0, 0.1) is 6.92 Å². The summed E-state index contributed by atoms with van der Waals surface area (Å²) in [6.45, 7) is 7.56. The molecule has 0 amide bonds. The van der Waals surface area contributed by atoms with Crippen molar-refractivity contribution in [1.82, 2.24) is 9.21 Å². The standard InChI is InChI=1S/C22H27ClN2O4S/c1-15-8-19(11-22(26)27)10-21(9-15)30(28,29)25-16(2)12-24(13-17(25)3)14-18-4-6-20(23)7-5-18/h4-10,16-17H,11-14H2,1-3H3,(H,26,27)/t16-,17+. The molecule has 0 unspecified atom stereocenters. The average molecular weight is 451 g/mol. The predicted molar refractivity (Wildman–Crippen MR) is 117 cm³/mol. The molecule has 0 aromatic heterocycles. The molecule has 2 atom stereocenters. The van der Waals surface area contributed by atoms with Gasteiger partial charge in [0.1, 0.15) is 0 Å². The normalized spacial score (nSPS) is 20.9. The van der Waals surface area contributed by atoms with Crippen LogP contribution >= 0.6 is 11.6 Å². The Morgan fingerprint density at radius 1 is 1.07 bits per heavy atom. The van der Waals surface area contributed by atoms with Crippen molar-refractivity contribution in [3.05, 3.63) is 64.2 Å². The minimum atomic E-state index is -3.75. The first-order valence-electron chi connectivity index (χ1n) is 9.89. The van der Waals surface area contributed by atoms with Crippen LogP contribution in [0.1, 0.15) is 30.5 Å². The maximum absolute atomic E-state index is 13.4. The molecular weight excluding hydrogens is 424 g/mol. The number of carboxylic acids is 1. The lowest BCUT2D eigenvalue weighted by molar-refractivity contribution is -0.136. The lowest BCUT2D eigenvalue weighted by Crippen LogP contribution is -2.58. The molecule has 1 fully saturated rings. The molecule has 2 aromatic carbocycles. The summed E-state index contributed by atoms with van der Waals surface area (Å²) in [4.78, 5) is 13.5. The van der Waals surface area contributed by atoms with Crippen molar-refractivity contribution in [1.29, 1.82) is 0 Å². The van der Waals surface area contributed by atoms with Crippen molar-refractivity contribution in [3.8, 4) is 0 Å². The summed E-state index contributed by atoms with van der Waals surface area (Å²) < 4.78 is 28.5. The quantitative estimate of drug-likeness (QED) is 0.728. The van der Waals surface area contributed by atoms with E-state index in [1.165, 1.54) is 6.07 Å². The molecule has 8 heteroatoms. The highest BCUT2D eigenvalue weighted by atomic mass is 35.5. The molecule has 30 heavy (non-hydrogen) atoms. The van der Waals surface area contributed by atoms with E-state index in [1.807, 2.05) is 38.1 Å². The summed E-state index contributed by atoms with van der Waals surface area (Å²) in [5, 5.41) is 9.77. The largest absolute Gasteiger partial charge is 0.481 e. The van der Waals surface area contributed by atoms with Crippen LogP contribution in [0.3, 0.4) is 0 Å². The molecule has 1 aliphatic heterocycles. The maximum Gasteiger partial charge on any atom is 0.307 e. The number of rotatable bonds is 6. The molecule has 3 rings (SSSR count). The van der Waals surface area contributed by atoms with E-state index in [9.17, 15) is 13.2 Å². The first-order chi connectivity index (χ1) is 14.1. The van der Waals surface area contributed by atoms with Gasteiger partial charge in [-0.15, -0.1) is 0 Å². The number of hydrogen-bond acceptors (Lipinski definition) is 4.